The number of esters is 1. The van der Waals surface area contributed by atoms with E-state index in [4.69, 9.17) is 4.74 Å². The fourth-order valence-corrected chi connectivity index (χ4v) is 3.16. The molecule has 0 radical (unpaired) electrons. The molecule has 0 saturated carbocycles. The van der Waals surface area contributed by atoms with Gasteiger partial charge in [-0.1, -0.05) is 0 Å². The summed E-state index contributed by atoms with van der Waals surface area (Å²) in [6.45, 7) is 5.54. The zero-order valence-corrected chi connectivity index (χ0v) is 11.1. The molecule has 1 aliphatic rings. The van der Waals surface area contributed by atoms with Crippen molar-refractivity contribution in [1.29, 1.82) is 0 Å². The fourth-order valence-electron chi connectivity index (χ4n) is 1.32. The molecule has 5 heteroatoms. The monoisotopic (exact) mass is 250 g/mol. The molecule has 0 aliphatic carbocycles. The van der Waals surface area contributed by atoms with Crippen molar-refractivity contribution in [2.24, 2.45) is 5.41 Å². The van der Waals surface area contributed by atoms with Crippen LogP contribution in [0.25, 0.3) is 0 Å². The molecule has 88 valence electrons. The van der Waals surface area contributed by atoms with E-state index in [2.05, 4.69) is 12.6 Å². The van der Waals surface area contributed by atoms with Crippen LogP contribution in [-0.2, 0) is 20.3 Å². The number of rotatable bonds is 2. The van der Waals surface area contributed by atoms with Crippen LogP contribution < -0.4 is 0 Å². The maximum absolute atomic E-state index is 11.6. The molecule has 0 aromatic rings. The van der Waals surface area contributed by atoms with E-state index in [0.717, 1.165) is 12.8 Å². The molecule has 3 nitrogen and oxygen atoms in total. The van der Waals surface area contributed by atoms with Gasteiger partial charge in [0.2, 0.25) is 0 Å². The Labute approximate surface area is 98.8 Å². The molecule has 0 amide bonds. The van der Waals surface area contributed by atoms with Crippen molar-refractivity contribution in [2.75, 3.05) is 12.4 Å². The highest BCUT2D eigenvalue weighted by Crippen LogP contribution is 2.33. The van der Waals surface area contributed by atoms with E-state index in [1.54, 1.807) is 20.8 Å². The minimum absolute atomic E-state index is 0.152. The normalized spacial score (nSPS) is 31.6. The quantitative estimate of drug-likeness (QED) is 0.600. The standard InChI is InChI=1S/C10H18O3S2/c1-9(2,3)8(11)13-7-10(14)5-4-6-15(10)12/h14H,4-7H2,1-3H3/t10?,15-/m1/s1. The Morgan fingerprint density at radius 1 is 1.53 bits per heavy atom. The first kappa shape index (κ1) is 13.0. The summed E-state index contributed by atoms with van der Waals surface area (Å²) in [5, 5.41) is 0. The van der Waals surface area contributed by atoms with Crippen molar-refractivity contribution >= 4 is 29.4 Å². The summed E-state index contributed by atoms with van der Waals surface area (Å²) in [7, 11) is -0.982. The van der Waals surface area contributed by atoms with Crippen LogP contribution in [-0.4, -0.2) is 26.6 Å². The van der Waals surface area contributed by atoms with Crippen molar-refractivity contribution in [2.45, 2.75) is 37.7 Å². The van der Waals surface area contributed by atoms with E-state index < -0.39 is 20.3 Å². The molecular weight excluding hydrogens is 232 g/mol. The molecule has 1 unspecified atom stereocenters. The summed E-state index contributed by atoms with van der Waals surface area (Å²) >= 11 is 4.37. The van der Waals surface area contributed by atoms with Gasteiger partial charge in [-0.15, -0.1) is 0 Å². The fraction of sp³-hybridized carbons (Fsp3) is 0.900. The molecule has 1 fully saturated rings. The van der Waals surface area contributed by atoms with Crippen molar-refractivity contribution in [1.82, 2.24) is 0 Å². The predicted octanol–water partition coefficient (Wildman–Crippen LogP) is 1.74. The van der Waals surface area contributed by atoms with E-state index in [9.17, 15) is 9.00 Å². The second-order valence-corrected chi connectivity index (χ2v) is 7.96. The topological polar surface area (TPSA) is 43.4 Å². The summed E-state index contributed by atoms with van der Waals surface area (Å²) in [6, 6.07) is 0. The van der Waals surface area contributed by atoms with E-state index in [1.807, 2.05) is 0 Å². The van der Waals surface area contributed by atoms with Gasteiger partial charge in [0.1, 0.15) is 10.7 Å². The van der Waals surface area contributed by atoms with Gasteiger partial charge in [0.05, 0.1) is 5.41 Å². The Bertz CT molecular complexity index is 283. The zero-order chi connectivity index (χ0) is 11.7. The molecule has 0 aromatic carbocycles. The smallest absolute Gasteiger partial charge is 0.311 e. The summed E-state index contributed by atoms with van der Waals surface area (Å²) in [5.41, 5.74) is -0.510. The molecule has 2 atom stereocenters. The summed E-state index contributed by atoms with van der Waals surface area (Å²) in [6.07, 6.45) is 1.64. The van der Waals surface area contributed by atoms with Gasteiger partial charge in [0.25, 0.3) is 0 Å². The van der Waals surface area contributed by atoms with E-state index in [0.29, 0.717) is 5.75 Å². The Kier molecular flexibility index (Phi) is 3.87. The van der Waals surface area contributed by atoms with E-state index in [-0.39, 0.29) is 12.6 Å². The largest absolute Gasteiger partial charge is 0.463 e. The van der Waals surface area contributed by atoms with Gasteiger partial charge in [-0.05, 0) is 33.6 Å². The first-order chi connectivity index (χ1) is 6.76. The minimum atomic E-state index is -0.982. The third kappa shape index (κ3) is 3.21. The lowest BCUT2D eigenvalue weighted by Gasteiger charge is -2.24. The molecule has 1 aliphatic heterocycles. The maximum atomic E-state index is 11.6. The first-order valence-corrected chi connectivity index (χ1v) is 6.80. The number of hydrogen-bond donors (Lipinski definition) is 1. The van der Waals surface area contributed by atoms with Crippen LogP contribution in [0.5, 0.6) is 0 Å². The summed E-state index contributed by atoms with van der Waals surface area (Å²) in [4.78, 5) is 11.5. The second-order valence-electron chi connectivity index (χ2n) is 4.93. The van der Waals surface area contributed by atoms with Crippen LogP contribution in [0.2, 0.25) is 0 Å². The number of thiol groups is 1. The second kappa shape index (κ2) is 4.45. The number of hydrogen-bond acceptors (Lipinski definition) is 4. The average Bonchev–Trinajstić information content (AvgIpc) is 2.42. The number of carbonyl (C=O) groups excluding carboxylic acids is 1. The average molecular weight is 250 g/mol. The maximum Gasteiger partial charge on any atom is 0.311 e. The zero-order valence-electron chi connectivity index (χ0n) is 9.41. The van der Waals surface area contributed by atoms with E-state index in [1.165, 1.54) is 0 Å². The third-order valence-electron chi connectivity index (χ3n) is 2.36. The van der Waals surface area contributed by atoms with Crippen LogP contribution >= 0.6 is 12.6 Å². The van der Waals surface area contributed by atoms with Gasteiger partial charge >= 0.3 is 5.97 Å². The molecule has 0 spiro atoms. The molecule has 0 N–H and O–H groups in total. The van der Waals surface area contributed by atoms with Crippen LogP contribution in [0.4, 0.5) is 0 Å². The van der Waals surface area contributed by atoms with Gasteiger partial charge in [0.15, 0.2) is 0 Å². The lowest BCUT2D eigenvalue weighted by molar-refractivity contribution is -0.153. The van der Waals surface area contributed by atoms with Gasteiger partial charge in [-0.25, -0.2) is 0 Å². The summed E-state index contributed by atoms with van der Waals surface area (Å²) in [5.74, 6) is 0.399. The third-order valence-corrected chi connectivity index (χ3v) is 5.15. The Hall–Kier alpha value is -0.0300. The highest BCUT2D eigenvalue weighted by molar-refractivity contribution is 8.02. The van der Waals surface area contributed by atoms with Crippen LogP contribution in [0, 0.1) is 5.41 Å². The van der Waals surface area contributed by atoms with Crippen molar-refractivity contribution in [3.05, 3.63) is 0 Å². The van der Waals surface area contributed by atoms with Gasteiger partial charge in [0, 0.05) is 16.6 Å². The molecular formula is C10H18O3S2. The molecule has 1 heterocycles. The van der Waals surface area contributed by atoms with Gasteiger partial charge in [-0.3, -0.25) is 9.00 Å². The minimum Gasteiger partial charge on any atom is -0.463 e. The highest BCUT2D eigenvalue weighted by Gasteiger charge is 2.39. The lowest BCUT2D eigenvalue weighted by atomic mass is 9.97. The highest BCUT2D eigenvalue weighted by atomic mass is 32.2. The Balaban J connectivity index is 2.50. The number of ether oxygens (including phenoxy) is 1. The number of carbonyl (C=O) groups is 1. The van der Waals surface area contributed by atoms with Crippen LogP contribution in [0.1, 0.15) is 33.6 Å². The molecule has 1 saturated heterocycles. The first-order valence-electron chi connectivity index (χ1n) is 5.04. The summed E-state index contributed by atoms with van der Waals surface area (Å²) < 4.78 is 16.1. The van der Waals surface area contributed by atoms with Crippen LogP contribution in [0.3, 0.4) is 0 Å². The molecule has 15 heavy (non-hydrogen) atoms. The van der Waals surface area contributed by atoms with Crippen molar-refractivity contribution < 1.29 is 13.7 Å². The van der Waals surface area contributed by atoms with Crippen LogP contribution in [0.15, 0.2) is 0 Å². The van der Waals surface area contributed by atoms with Gasteiger partial charge < -0.3 is 4.74 Å². The Morgan fingerprint density at radius 2 is 2.13 bits per heavy atom. The predicted molar refractivity (Wildman–Crippen MR) is 64.4 cm³/mol. The molecule has 0 bridgehead atoms. The van der Waals surface area contributed by atoms with E-state index >= 15 is 0 Å². The Morgan fingerprint density at radius 3 is 2.53 bits per heavy atom. The van der Waals surface area contributed by atoms with Crippen molar-refractivity contribution in [3.8, 4) is 0 Å². The molecule has 0 aromatic heterocycles. The molecule has 1 rings (SSSR count). The lowest BCUT2D eigenvalue weighted by Crippen LogP contribution is -2.34. The SMILES string of the molecule is CC(C)(C)C(=O)OCC1(S)CCC[S@]1=O. The van der Waals surface area contributed by atoms with Gasteiger partial charge in [-0.2, -0.15) is 12.6 Å². The van der Waals surface area contributed by atoms with Crippen molar-refractivity contribution in [3.63, 3.8) is 0 Å².